The van der Waals surface area contributed by atoms with Crippen LogP contribution in [0.15, 0.2) is 88.8 Å². The first kappa shape index (κ1) is 25.3. The number of ether oxygens (including phenoxy) is 2. The van der Waals surface area contributed by atoms with Gasteiger partial charge in [0.25, 0.3) is 5.82 Å². The average Bonchev–Trinajstić information content (AvgIpc) is 3.35. The van der Waals surface area contributed by atoms with Crippen LogP contribution < -0.4 is 25.1 Å². The van der Waals surface area contributed by atoms with Crippen LogP contribution in [0.3, 0.4) is 0 Å². The van der Waals surface area contributed by atoms with Crippen LogP contribution >= 0.6 is 0 Å². The number of carbonyl (C=O) groups excluding carboxylic acids is 2. The third-order valence-electron chi connectivity index (χ3n) is 6.93. The summed E-state index contributed by atoms with van der Waals surface area (Å²) in [6.45, 7) is 8.52. The molecule has 1 amide bonds. The van der Waals surface area contributed by atoms with E-state index in [1.807, 2.05) is 48.5 Å². The number of amides is 1. The van der Waals surface area contributed by atoms with Crippen LogP contribution in [-0.2, 0) is 16.2 Å². The van der Waals surface area contributed by atoms with Crippen LogP contribution in [0.2, 0.25) is 0 Å². The Morgan fingerprint density at radius 3 is 2.61 bits per heavy atom. The number of allylic oxidation sites excluding steroid dienone is 2. The van der Waals surface area contributed by atoms with E-state index in [1.54, 1.807) is 19.4 Å². The summed E-state index contributed by atoms with van der Waals surface area (Å²) in [6, 6.07) is 16.3. The largest absolute Gasteiger partial charge is 0.497 e. The Morgan fingerprint density at radius 2 is 1.89 bits per heavy atom. The summed E-state index contributed by atoms with van der Waals surface area (Å²) in [6.07, 6.45) is 2.81. The summed E-state index contributed by atoms with van der Waals surface area (Å²) in [4.78, 5) is 30.1. The second-order valence-corrected chi connectivity index (χ2v) is 10.5. The minimum atomic E-state index is -0.756. The maximum Gasteiger partial charge on any atom is 0.317 e. The number of aromatic amines is 1. The Balaban J connectivity index is 1.46. The smallest absolute Gasteiger partial charge is 0.317 e. The number of anilines is 1. The Morgan fingerprint density at radius 1 is 1.13 bits per heavy atom. The molecule has 3 N–H and O–H groups in total. The SMILES string of the molecule is C=C1NC2=C(C(=O)CC(C)(C)C2)C(c2ccc(COc3ccc(OC)cc3)o2)C1C(=O)Nc1cccc[nH+]1. The lowest BCUT2D eigenvalue weighted by molar-refractivity contribution is -0.360. The zero-order chi connectivity index (χ0) is 26.9. The van der Waals surface area contributed by atoms with Gasteiger partial charge in [-0.2, -0.15) is 0 Å². The van der Waals surface area contributed by atoms with Crippen molar-refractivity contribution < 1.29 is 28.5 Å². The number of hydrogen-bond donors (Lipinski definition) is 2. The number of ketones is 1. The summed E-state index contributed by atoms with van der Waals surface area (Å²) in [5, 5.41) is 6.23. The molecular formula is C30H32N3O5+. The lowest BCUT2D eigenvalue weighted by Gasteiger charge is -2.41. The number of nitrogens with one attached hydrogen (secondary N) is 3. The molecule has 0 saturated carbocycles. The molecule has 0 spiro atoms. The Kier molecular flexibility index (Phi) is 6.80. The molecule has 2 atom stereocenters. The van der Waals surface area contributed by atoms with E-state index in [-0.39, 0.29) is 23.7 Å². The molecular weight excluding hydrogens is 482 g/mol. The van der Waals surface area contributed by atoms with E-state index in [9.17, 15) is 9.59 Å². The first-order chi connectivity index (χ1) is 18.2. The van der Waals surface area contributed by atoms with E-state index >= 15 is 0 Å². The molecule has 2 aromatic heterocycles. The van der Waals surface area contributed by atoms with Crippen LogP contribution in [0.5, 0.6) is 11.5 Å². The summed E-state index contributed by atoms with van der Waals surface area (Å²) in [5.74, 6) is 1.43. The molecule has 1 aliphatic carbocycles. The number of methoxy groups -OCH3 is 1. The number of furan rings is 1. The summed E-state index contributed by atoms with van der Waals surface area (Å²) >= 11 is 0. The molecule has 0 radical (unpaired) electrons. The van der Waals surface area contributed by atoms with Crippen LogP contribution in [-0.4, -0.2) is 18.8 Å². The van der Waals surface area contributed by atoms with Gasteiger partial charge in [0.2, 0.25) is 0 Å². The Hall–Kier alpha value is -4.33. The monoisotopic (exact) mass is 514 g/mol. The minimum Gasteiger partial charge on any atom is -0.497 e. The van der Waals surface area contributed by atoms with Gasteiger partial charge in [0.05, 0.1) is 19.2 Å². The number of rotatable bonds is 7. The van der Waals surface area contributed by atoms with Crippen LogP contribution in [0.4, 0.5) is 5.82 Å². The molecule has 0 fully saturated rings. The number of carbonyl (C=O) groups is 2. The topological polar surface area (TPSA) is 104 Å². The second kappa shape index (κ2) is 10.2. The van der Waals surface area contributed by atoms with Gasteiger partial charge in [0.1, 0.15) is 35.5 Å². The Bertz CT molecular complexity index is 1390. The maximum absolute atomic E-state index is 13.6. The zero-order valence-corrected chi connectivity index (χ0v) is 21.8. The fourth-order valence-corrected chi connectivity index (χ4v) is 5.21. The highest BCUT2D eigenvalue weighted by molar-refractivity contribution is 6.02. The first-order valence-corrected chi connectivity index (χ1v) is 12.6. The van der Waals surface area contributed by atoms with Gasteiger partial charge >= 0.3 is 5.91 Å². The van der Waals surface area contributed by atoms with Crippen molar-refractivity contribution in [3.05, 3.63) is 95.9 Å². The molecule has 3 aromatic rings. The van der Waals surface area contributed by atoms with E-state index in [0.29, 0.717) is 47.2 Å². The molecule has 2 unspecified atom stereocenters. The van der Waals surface area contributed by atoms with E-state index in [2.05, 4.69) is 36.0 Å². The number of H-pyrrole nitrogens is 1. The molecule has 3 heterocycles. The van der Waals surface area contributed by atoms with Crippen molar-refractivity contribution in [3.8, 4) is 11.5 Å². The van der Waals surface area contributed by atoms with Gasteiger partial charge in [-0.3, -0.25) is 4.79 Å². The highest BCUT2D eigenvalue weighted by atomic mass is 16.5. The van der Waals surface area contributed by atoms with E-state index in [1.165, 1.54) is 0 Å². The maximum atomic E-state index is 13.6. The van der Waals surface area contributed by atoms with Crippen molar-refractivity contribution in [1.29, 1.82) is 0 Å². The van der Waals surface area contributed by atoms with E-state index in [4.69, 9.17) is 13.9 Å². The van der Waals surface area contributed by atoms with Crippen molar-refractivity contribution >= 4 is 17.5 Å². The highest BCUT2D eigenvalue weighted by Gasteiger charge is 2.48. The van der Waals surface area contributed by atoms with Gasteiger partial charge < -0.3 is 19.2 Å². The molecule has 8 nitrogen and oxygen atoms in total. The molecule has 196 valence electrons. The minimum absolute atomic E-state index is 0.0118. The lowest BCUT2D eigenvalue weighted by atomic mass is 9.67. The third kappa shape index (κ3) is 5.20. The van der Waals surface area contributed by atoms with Gasteiger partial charge in [-0.15, -0.1) is 0 Å². The van der Waals surface area contributed by atoms with Gasteiger partial charge in [0, 0.05) is 29.5 Å². The fourth-order valence-electron chi connectivity index (χ4n) is 5.21. The second-order valence-electron chi connectivity index (χ2n) is 10.5. The van der Waals surface area contributed by atoms with Crippen LogP contribution in [0.25, 0.3) is 0 Å². The van der Waals surface area contributed by atoms with Gasteiger partial charge in [-0.1, -0.05) is 26.5 Å². The third-order valence-corrected chi connectivity index (χ3v) is 6.93. The van der Waals surface area contributed by atoms with Crippen molar-refractivity contribution in [2.24, 2.45) is 11.3 Å². The standard InChI is InChI=1S/C30H31N3O5/c1-18-26(29(35)33-25-7-5-6-14-31-25)28(27-22(32-18)15-30(2,3)16-23(27)34)24-13-12-21(38-24)17-37-20-10-8-19(36-4)9-11-20/h5-14,26,28,32H,1,15-17H2,2-4H3,(H,31,33,35)/p+1. The lowest BCUT2D eigenvalue weighted by Crippen LogP contribution is -2.45. The van der Waals surface area contributed by atoms with E-state index < -0.39 is 11.8 Å². The number of hydrogen-bond acceptors (Lipinski definition) is 6. The molecule has 1 aliphatic heterocycles. The molecule has 2 aliphatic rings. The molecule has 38 heavy (non-hydrogen) atoms. The zero-order valence-electron chi connectivity index (χ0n) is 21.8. The summed E-state index contributed by atoms with van der Waals surface area (Å²) in [7, 11) is 1.61. The van der Waals surface area contributed by atoms with Crippen molar-refractivity contribution in [2.75, 3.05) is 12.4 Å². The quantitative estimate of drug-likeness (QED) is 0.470. The molecule has 1 aromatic carbocycles. The van der Waals surface area contributed by atoms with Crippen LogP contribution in [0, 0.1) is 11.3 Å². The normalized spacial score (nSPS) is 20.4. The van der Waals surface area contributed by atoms with Crippen LogP contribution in [0.1, 0.15) is 44.1 Å². The van der Waals surface area contributed by atoms with Gasteiger partial charge in [0.15, 0.2) is 5.78 Å². The number of Topliss-reactive ketones (excluding diaryl/α,β-unsaturated/α-hetero) is 1. The summed E-state index contributed by atoms with van der Waals surface area (Å²) < 4.78 is 17.3. The predicted molar refractivity (Wildman–Crippen MR) is 141 cm³/mol. The summed E-state index contributed by atoms with van der Waals surface area (Å²) in [5.41, 5.74) is 1.73. The molecule has 5 rings (SSSR count). The fraction of sp³-hybridized carbons (Fsp3) is 0.300. The van der Waals surface area contributed by atoms with Gasteiger partial charge in [-0.25, -0.2) is 15.1 Å². The van der Waals surface area contributed by atoms with Crippen molar-refractivity contribution in [2.45, 2.75) is 39.2 Å². The van der Waals surface area contributed by atoms with E-state index in [0.717, 1.165) is 11.4 Å². The average molecular weight is 515 g/mol. The van der Waals surface area contributed by atoms with Crippen molar-refractivity contribution in [1.82, 2.24) is 5.32 Å². The predicted octanol–water partition coefficient (Wildman–Crippen LogP) is 4.78. The first-order valence-electron chi connectivity index (χ1n) is 12.6. The Labute approximate surface area is 221 Å². The molecule has 0 saturated heterocycles. The molecule has 0 bridgehead atoms. The number of pyridine rings is 1. The number of benzene rings is 1. The van der Waals surface area contributed by atoms with Crippen molar-refractivity contribution in [3.63, 3.8) is 0 Å². The van der Waals surface area contributed by atoms with Gasteiger partial charge in [-0.05, 0) is 54.3 Å². The number of aromatic nitrogens is 1. The highest BCUT2D eigenvalue weighted by Crippen LogP contribution is 2.48. The molecule has 8 heteroatoms.